The summed E-state index contributed by atoms with van der Waals surface area (Å²) in [5, 5.41) is 11.5. The highest BCUT2D eigenvalue weighted by Gasteiger charge is 2.26. The second-order valence-electron chi connectivity index (χ2n) is 7.61. The summed E-state index contributed by atoms with van der Waals surface area (Å²) in [5.41, 5.74) is 1.79. The van der Waals surface area contributed by atoms with Crippen LogP contribution in [0.25, 0.3) is 15.9 Å². The minimum atomic E-state index is -0.315. The summed E-state index contributed by atoms with van der Waals surface area (Å²) in [7, 11) is 1.51. The number of aliphatic imine (C=N–C) groups is 1. The van der Waals surface area contributed by atoms with Crippen LogP contribution in [0.2, 0.25) is 0 Å². The molecule has 1 amide bonds. The van der Waals surface area contributed by atoms with Gasteiger partial charge in [-0.2, -0.15) is 0 Å². The molecule has 0 bridgehead atoms. The number of fused-ring (bicyclic) bond motifs is 1. The van der Waals surface area contributed by atoms with E-state index < -0.39 is 0 Å². The second kappa shape index (κ2) is 9.92. The molecule has 1 saturated heterocycles. The molecule has 176 valence electrons. The number of phenols is 1. The molecule has 0 saturated carbocycles. The number of rotatable bonds is 6. The van der Waals surface area contributed by atoms with Gasteiger partial charge in [0.15, 0.2) is 17.3 Å². The number of phenolic OH excluding ortho intramolecular Hbond substituents is 1. The average Bonchev–Trinajstić information content (AvgIpc) is 3.29. The van der Waals surface area contributed by atoms with Crippen LogP contribution in [-0.2, 0) is 0 Å². The topological polar surface area (TPSA) is 111 Å². The maximum Gasteiger partial charge on any atom is 0.269 e. The van der Waals surface area contributed by atoms with Crippen LogP contribution >= 0.6 is 11.3 Å². The van der Waals surface area contributed by atoms with Gasteiger partial charge in [0, 0.05) is 43.3 Å². The number of nitrogens with one attached hydrogen (secondary N) is 1. The summed E-state index contributed by atoms with van der Waals surface area (Å²) in [6.45, 7) is 7.68. The minimum Gasteiger partial charge on any atom is -0.504 e. The zero-order valence-corrected chi connectivity index (χ0v) is 19.8. The van der Waals surface area contributed by atoms with Crippen molar-refractivity contribution in [3.8, 4) is 11.5 Å². The molecule has 1 fully saturated rings. The Morgan fingerprint density at radius 1 is 1.32 bits per heavy atom. The molecule has 10 heteroatoms. The molecule has 2 aromatic heterocycles. The van der Waals surface area contributed by atoms with Crippen molar-refractivity contribution in [1.29, 1.82) is 0 Å². The first kappa shape index (κ1) is 23.2. The smallest absolute Gasteiger partial charge is 0.269 e. The monoisotopic (exact) mass is 479 g/mol. The van der Waals surface area contributed by atoms with Crippen molar-refractivity contribution in [3.63, 3.8) is 0 Å². The summed E-state index contributed by atoms with van der Waals surface area (Å²) in [5.74, 6) is 0.597. The molecule has 0 radical (unpaired) electrons. The molecule has 2 N–H and O–H groups in total. The van der Waals surface area contributed by atoms with E-state index in [9.17, 15) is 14.7 Å². The first-order chi connectivity index (χ1) is 16.5. The summed E-state index contributed by atoms with van der Waals surface area (Å²) >= 11 is 1.20. The zero-order valence-electron chi connectivity index (χ0n) is 18.9. The van der Waals surface area contributed by atoms with Crippen LogP contribution < -0.4 is 15.2 Å². The highest BCUT2D eigenvalue weighted by molar-refractivity contribution is 7.17. The van der Waals surface area contributed by atoms with Gasteiger partial charge in [0.2, 0.25) is 0 Å². The lowest BCUT2D eigenvalue weighted by molar-refractivity contribution is 0.0749. The Morgan fingerprint density at radius 2 is 2.09 bits per heavy atom. The summed E-state index contributed by atoms with van der Waals surface area (Å²) in [6.07, 6.45) is 5.30. The van der Waals surface area contributed by atoms with Crippen LogP contribution in [0, 0.1) is 0 Å². The van der Waals surface area contributed by atoms with Gasteiger partial charge in [0.05, 0.1) is 12.7 Å². The maximum atomic E-state index is 13.3. The largest absolute Gasteiger partial charge is 0.504 e. The molecule has 1 aliphatic heterocycles. The Hall–Kier alpha value is -3.92. The number of aromatic nitrogens is 2. The number of hydrogen-bond acceptors (Lipinski definition) is 8. The van der Waals surface area contributed by atoms with Gasteiger partial charge < -0.3 is 24.6 Å². The molecule has 4 rings (SSSR count). The molecule has 0 spiro atoms. The van der Waals surface area contributed by atoms with E-state index in [4.69, 9.17) is 4.74 Å². The highest BCUT2D eigenvalue weighted by atomic mass is 32.1. The van der Waals surface area contributed by atoms with Gasteiger partial charge in [-0.15, -0.1) is 11.3 Å². The second-order valence-corrected chi connectivity index (χ2v) is 8.49. The number of carbonyl (C=O) groups excluding carboxylic acids is 1. The number of carbonyl (C=O) groups is 1. The third kappa shape index (κ3) is 4.44. The lowest BCUT2D eigenvalue weighted by Crippen LogP contribution is -2.48. The standard InChI is InChI=1S/C24H25N5O4S/c1-4-5-6-17(25-2)22-26-20-16(14-34-21(20)23(31)27-22)24(32)29-11-9-28(10-12-29)15-7-8-18(30)19(13-15)33-3/h4-8,13-14,30H,2,9-12H2,1,3H3,(H,26,27,31)/b5-4-,17-6-. The van der Waals surface area contributed by atoms with Crippen LogP contribution in [0.1, 0.15) is 23.1 Å². The molecule has 3 heterocycles. The molecule has 0 aliphatic carbocycles. The Bertz CT molecular complexity index is 1350. The van der Waals surface area contributed by atoms with Crippen molar-refractivity contribution in [1.82, 2.24) is 14.9 Å². The quantitative estimate of drug-likeness (QED) is 0.415. The number of hydrogen-bond donors (Lipinski definition) is 2. The lowest BCUT2D eigenvalue weighted by Gasteiger charge is -2.36. The summed E-state index contributed by atoms with van der Waals surface area (Å²) in [6, 6.07) is 5.20. The fourth-order valence-corrected chi connectivity index (χ4v) is 4.67. The number of nitrogens with zero attached hydrogens (tertiary/aromatic N) is 4. The number of ether oxygens (including phenoxy) is 1. The van der Waals surface area contributed by atoms with Crippen molar-refractivity contribution in [3.05, 3.63) is 63.5 Å². The predicted molar refractivity (Wildman–Crippen MR) is 135 cm³/mol. The van der Waals surface area contributed by atoms with Crippen LogP contribution in [0.5, 0.6) is 11.5 Å². The van der Waals surface area contributed by atoms with Gasteiger partial charge in [-0.3, -0.25) is 14.6 Å². The zero-order chi connectivity index (χ0) is 24.2. The number of allylic oxidation sites excluding steroid dienone is 3. The van der Waals surface area contributed by atoms with E-state index in [1.54, 1.807) is 34.6 Å². The molecule has 0 atom stereocenters. The van der Waals surface area contributed by atoms with Gasteiger partial charge in [-0.25, -0.2) is 4.98 Å². The Balaban J connectivity index is 1.57. The number of benzene rings is 1. The summed E-state index contributed by atoms with van der Waals surface area (Å²) < 4.78 is 5.60. The highest BCUT2D eigenvalue weighted by Crippen LogP contribution is 2.31. The molecule has 3 aromatic rings. The molecule has 1 aromatic carbocycles. The number of methoxy groups -OCH3 is 1. The van der Waals surface area contributed by atoms with Gasteiger partial charge in [-0.05, 0) is 31.9 Å². The third-order valence-corrected chi connectivity index (χ3v) is 6.58. The maximum absolute atomic E-state index is 13.3. The van der Waals surface area contributed by atoms with Crippen LogP contribution in [0.4, 0.5) is 5.69 Å². The molecule has 1 aliphatic rings. The minimum absolute atomic E-state index is 0.0848. The molecular formula is C24H25N5O4S. The van der Waals surface area contributed by atoms with Crippen molar-refractivity contribution < 1.29 is 14.6 Å². The molecule has 34 heavy (non-hydrogen) atoms. The number of aromatic amines is 1. The fraction of sp³-hybridized carbons (Fsp3) is 0.250. The number of H-pyrrole nitrogens is 1. The van der Waals surface area contributed by atoms with Gasteiger partial charge >= 0.3 is 0 Å². The van der Waals surface area contributed by atoms with Gasteiger partial charge in [0.25, 0.3) is 11.5 Å². The van der Waals surface area contributed by atoms with Crippen molar-refractivity contribution >= 4 is 45.6 Å². The summed E-state index contributed by atoms with van der Waals surface area (Å²) in [4.78, 5) is 41.1. The average molecular weight is 480 g/mol. The Kier molecular flexibility index (Phi) is 6.78. The molecule has 0 unspecified atom stereocenters. The molecule has 9 nitrogen and oxygen atoms in total. The van der Waals surface area contributed by atoms with E-state index in [1.165, 1.54) is 18.4 Å². The number of anilines is 1. The van der Waals surface area contributed by atoms with Crippen LogP contribution in [0.3, 0.4) is 0 Å². The SMILES string of the molecule is C=N/C(=C\C=C/C)c1nc2c(C(=O)N3CCN(c4ccc(O)c(OC)c4)CC3)csc2c(=O)[nH]1. The van der Waals surface area contributed by atoms with Crippen molar-refractivity contribution in [2.24, 2.45) is 4.99 Å². The third-order valence-electron chi connectivity index (χ3n) is 5.61. The first-order valence-corrected chi connectivity index (χ1v) is 11.6. The van der Waals surface area contributed by atoms with E-state index in [2.05, 4.69) is 26.6 Å². The van der Waals surface area contributed by atoms with Gasteiger partial charge in [0.1, 0.15) is 15.9 Å². The lowest BCUT2D eigenvalue weighted by atomic mass is 10.2. The van der Waals surface area contributed by atoms with E-state index >= 15 is 0 Å². The Morgan fingerprint density at radius 3 is 2.76 bits per heavy atom. The van der Waals surface area contributed by atoms with Crippen LogP contribution in [-0.4, -0.2) is 65.9 Å². The normalized spacial score (nSPS) is 14.7. The van der Waals surface area contributed by atoms with Crippen molar-refractivity contribution in [2.45, 2.75) is 6.92 Å². The Labute approximate surface area is 200 Å². The van der Waals surface area contributed by atoms with Crippen LogP contribution in [0.15, 0.2) is 51.6 Å². The van der Waals surface area contributed by atoms with E-state index in [-0.39, 0.29) is 23.0 Å². The van der Waals surface area contributed by atoms with Crippen molar-refractivity contribution in [2.75, 3.05) is 38.2 Å². The van der Waals surface area contributed by atoms with E-state index in [0.717, 1.165) is 5.69 Å². The van der Waals surface area contributed by atoms with E-state index in [0.29, 0.717) is 53.4 Å². The first-order valence-electron chi connectivity index (χ1n) is 10.7. The predicted octanol–water partition coefficient (Wildman–Crippen LogP) is 3.28. The molecular weight excluding hydrogens is 454 g/mol. The fourth-order valence-electron chi connectivity index (χ4n) is 3.80. The number of thiophene rings is 1. The number of aromatic hydroxyl groups is 1. The number of amides is 1. The van der Waals surface area contributed by atoms with Gasteiger partial charge in [-0.1, -0.05) is 12.2 Å². The number of piperazine rings is 1. The van der Waals surface area contributed by atoms with E-state index in [1.807, 2.05) is 19.1 Å².